The van der Waals surface area contributed by atoms with Gasteiger partial charge in [0.05, 0.1) is 12.9 Å². The molecule has 1 unspecified atom stereocenters. The number of benzene rings is 1. The van der Waals surface area contributed by atoms with Gasteiger partial charge in [0, 0.05) is 10.5 Å². The number of azide groups is 1. The molecule has 0 aliphatic carbocycles. The van der Waals surface area contributed by atoms with Crippen molar-refractivity contribution in [3.8, 4) is 0 Å². The zero-order valence-electron chi connectivity index (χ0n) is 10.5. The van der Waals surface area contributed by atoms with Gasteiger partial charge in [0.1, 0.15) is 5.54 Å². The lowest BCUT2D eigenvalue weighted by Crippen LogP contribution is -2.38. The summed E-state index contributed by atoms with van der Waals surface area (Å²) < 4.78 is 26.5. The van der Waals surface area contributed by atoms with Crippen LogP contribution < -0.4 is 0 Å². The van der Waals surface area contributed by atoms with Gasteiger partial charge in [-0.25, -0.2) is 0 Å². The summed E-state index contributed by atoms with van der Waals surface area (Å²) >= 11 is 0. The summed E-state index contributed by atoms with van der Waals surface area (Å²) in [6.45, 7) is 0.789. The fraction of sp³-hybridized carbons (Fsp3) is 0.364. The van der Waals surface area contributed by atoms with Crippen LogP contribution in [0.25, 0.3) is 10.4 Å². The minimum absolute atomic E-state index is 0.314. The Morgan fingerprint density at radius 3 is 2.47 bits per heavy atom. The summed E-state index contributed by atoms with van der Waals surface area (Å²) in [5.74, 6) is -0.505. The third-order valence-corrected chi connectivity index (χ3v) is 2.89. The van der Waals surface area contributed by atoms with E-state index in [1.54, 1.807) is 30.3 Å². The van der Waals surface area contributed by atoms with Crippen molar-refractivity contribution in [3.05, 3.63) is 46.3 Å². The summed E-state index contributed by atoms with van der Waals surface area (Å²) in [6, 6.07) is 8.14. The molecule has 0 aromatic heterocycles. The van der Waals surface area contributed by atoms with Gasteiger partial charge < -0.3 is 0 Å². The molecule has 0 radical (unpaired) electrons. The van der Waals surface area contributed by atoms with E-state index in [1.807, 2.05) is 0 Å². The first-order valence-electron chi connectivity index (χ1n) is 5.29. The largest absolute Gasteiger partial charge is 0.293 e. The van der Waals surface area contributed by atoms with Crippen LogP contribution in [0.5, 0.6) is 0 Å². The van der Waals surface area contributed by atoms with Crippen LogP contribution in [-0.4, -0.2) is 32.6 Å². The summed E-state index contributed by atoms with van der Waals surface area (Å²) in [4.78, 5) is 14.8. The molecule has 0 N–H and O–H groups in total. The van der Waals surface area contributed by atoms with Crippen molar-refractivity contribution in [2.24, 2.45) is 5.11 Å². The molecule has 0 spiro atoms. The predicted molar refractivity (Wildman–Crippen MR) is 69.1 cm³/mol. The molecule has 19 heavy (non-hydrogen) atoms. The van der Waals surface area contributed by atoms with Crippen molar-refractivity contribution in [1.82, 2.24) is 0 Å². The molecule has 8 heteroatoms. The topological polar surface area (TPSA) is 109 Å². The van der Waals surface area contributed by atoms with Crippen molar-refractivity contribution < 1.29 is 17.4 Å². The number of hydrogen-bond donors (Lipinski definition) is 0. The fourth-order valence-electron chi connectivity index (χ4n) is 1.36. The molecule has 0 fully saturated rings. The maximum atomic E-state index is 12.2. The van der Waals surface area contributed by atoms with Gasteiger partial charge in [-0.3, -0.25) is 8.98 Å². The number of Topliss-reactive ketones (excluding diaryl/α,β-unsaturated/α-hetero) is 1. The van der Waals surface area contributed by atoms with Crippen molar-refractivity contribution in [2.45, 2.75) is 12.5 Å². The molecular weight excluding hydrogens is 270 g/mol. The summed E-state index contributed by atoms with van der Waals surface area (Å²) in [5, 5.41) is 3.38. The molecule has 1 aromatic rings. The highest BCUT2D eigenvalue weighted by atomic mass is 32.2. The van der Waals surface area contributed by atoms with E-state index in [0.717, 1.165) is 6.26 Å². The van der Waals surface area contributed by atoms with E-state index < -0.39 is 28.0 Å². The molecule has 0 amide bonds. The highest BCUT2D eigenvalue weighted by Crippen LogP contribution is 2.19. The lowest BCUT2D eigenvalue weighted by Gasteiger charge is -2.21. The Bertz CT molecular complexity index is 608. The molecule has 102 valence electrons. The first-order chi connectivity index (χ1) is 8.78. The Morgan fingerprint density at radius 1 is 1.42 bits per heavy atom. The van der Waals surface area contributed by atoms with E-state index >= 15 is 0 Å². The molecule has 1 aromatic carbocycles. The van der Waals surface area contributed by atoms with Crippen LogP contribution in [-0.2, 0) is 14.3 Å². The van der Waals surface area contributed by atoms with Gasteiger partial charge in [0.25, 0.3) is 10.1 Å². The molecule has 1 atom stereocenters. The Labute approximate surface area is 110 Å². The maximum absolute atomic E-state index is 12.2. The smallest absolute Gasteiger partial charge is 0.264 e. The lowest BCUT2D eigenvalue weighted by molar-refractivity contribution is 0.0853. The summed E-state index contributed by atoms with van der Waals surface area (Å²) in [7, 11) is -3.73. The quantitative estimate of drug-likeness (QED) is 0.261. The van der Waals surface area contributed by atoms with Gasteiger partial charge in [-0.15, -0.1) is 0 Å². The Kier molecular flexibility index (Phi) is 4.66. The van der Waals surface area contributed by atoms with Crippen molar-refractivity contribution in [1.29, 1.82) is 0 Å². The van der Waals surface area contributed by atoms with Crippen LogP contribution in [0, 0.1) is 0 Å². The van der Waals surface area contributed by atoms with Crippen LogP contribution in [0.2, 0.25) is 0 Å². The third kappa shape index (κ3) is 4.36. The highest BCUT2D eigenvalue weighted by molar-refractivity contribution is 7.85. The van der Waals surface area contributed by atoms with Gasteiger partial charge in [0.15, 0.2) is 5.78 Å². The summed E-state index contributed by atoms with van der Waals surface area (Å²) in [6.07, 6.45) is 0.858. The second kappa shape index (κ2) is 5.83. The second-order valence-electron chi connectivity index (χ2n) is 4.12. The molecule has 0 aliphatic heterocycles. The van der Waals surface area contributed by atoms with Crippen LogP contribution in [0.1, 0.15) is 17.3 Å². The van der Waals surface area contributed by atoms with Gasteiger partial charge in [0.2, 0.25) is 0 Å². The first kappa shape index (κ1) is 15.2. The van der Waals surface area contributed by atoms with Crippen molar-refractivity contribution in [3.63, 3.8) is 0 Å². The number of nitrogens with zero attached hydrogens (tertiary/aromatic N) is 3. The van der Waals surface area contributed by atoms with Crippen LogP contribution in [0.4, 0.5) is 0 Å². The van der Waals surface area contributed by atoms with E-state index in [2.05, 4.69) is 14.2 Å². The van der Waals surface area contributed by atoms with Gasteiger partial charge >= 0.3 is 0 Å². The molecule has 7 nitrogen and oxygen atoms in total. The monoisotopic (exact) mass is 283 g/mol. The number of carbonyl (C=O) groups is 1. The van der Waals surface area contributed by atoms with Crippen LogP contribution in [0.3, 0.4) is 0 Å². The van der Waals surface area contributed by atoms with Gasteiger partial charge in [-0.1, -0.05) is 35.4 Å². The predicted octanol–water partition coefficient (Wildman–Crippen LogP) is 1.91. The number of ketones is 1. The zero-order valence-corrected chi connectivity index (χ0v) is 11.3. The number of hydrogen-bond acceptors (Lipinski definition) is 5. The fourth-order valence-corrected chi connectivity index (χ4v) is 1.80. The molecule has 1 rings (SSSR count). The first-order valence-corrected chi connectivity index (χ1v) is 7.11. The standard InChI is InChI=1S/C11H13N3O4S/c1-11(13-14-12,8-18-19(2,16)17)10(15)9-6-4-3-5-7-9/h3-7H,8H2,1-2H3. The van der Waals surface area contributed by atoms with E-state index in [-0.39, 0.29) is 0 Å². The minimum atomic E-state index is -3.73. The Balaban J connectivity index is 3.06. The van der Waals surface area contributed by atoms with Gasteiger partial charge in [-0.2, -0.15) is 8.42 Å². The highest BCUT2D eigenvalue weighted by Gasteiger charge is 2.34. The molecule has 0 aliphatic rings. The van der Waals surface area contributed by atoms with Crippen LogP contribution in [0.15, 0.2) is 35.4 Å². The number of rotatable bonds is 6. The normalized spacial score (nSPS) is 14.2. The van der Waals surface area contributed by atoms with Crippen molar-refractivity contribution in [2.75, 3.05) is 12.9 Å². The van der Waals surface area contributed by atoms with Gasteiger partial charge in [-0.05, 0) is 12.5 Å². The zero-order chi connectivity index (χ0) is 14.5. The van der Waals surface area contributed by atoms with Crippen molar-refractivity contribution >= 4 is 15.9 Å². The van der Waals surface area contributed by atoms with Crippen LogP contribution >= 0.6 is 0 Å². The third-order valence-electron chi connectivity index (χ3n) is 2.34. The van der Waals surface area contributed by atoms with E-state index in [1.165, 1.54) is 6.92 Å². The van der Waals surface area contributed by atoms with E-state index in [9.17, 15) is 13.2 Å². The molecule has 0 saturated carbocycles. The second-order valence-corrected chi connectivity index (χ2v) is 5.77. The SMILES string of the molecule is CC(COS(C)(=O)=O)(N=[N+]=[N-])C(=O)c1ccccc1. The van der Waals surface area contributed by atoms with E-state index in [0.29, 0.717) is 5.56 Å². The van der Waals surface area contributed by atoms with E-state index in [4.69, 9.17) is 5.53 Å². The minimum Gasteiger partial charge on any atom is -0.293 e. The Morgan fingerprint density at radius 2 is 2.00 bits per heavy atom. The Hall–Kier alpha value is -1.89. The maximum Gasteiger partial charge on any atom is 0.264 e. The molecule has 0 bridgehead atoms. The average Bonchev–Trinajstić information content (AvgIpc) is 2.36. The molecular formula is C11H13N3O4S. The lowest BCUT2D eigenvalue weighted by atomic mass is 9.93. The average molecular weight is 283 g/mol. The molecule has 0 saturated heterocycles. The summed E-state index contributed by atoms with van der Waals surface area (Å²) in [5.41, 5.74) is 7.23. The number of carbonyl (C=O) groups excluding carboxylic acids is 1. The molecule has 0 heterocycles.